The van der Waals surface area contributed by atoms with E-state index in [1.165, 1.54) is 20.4 Å². The molecule has 1 heterocycles. The molecule has 112 valence electrons. The third kappa shape index (κ3) is 1.82. The van der Waals surface area contributed by atoms with E-state index in [-0.39, 0.29) is 17.1 Å². The average Bonchev–Trinajstić information content (AvgIpc) is 2.52. The van der Waals surface area contributed by atoms with Crippen LogP contribution < -0.4 is 9.47 Å². The van der Waals surface area contributed by atoms with E-state index in [1.54, 1.807) is 26.0 Å². The number of aromatic nitrogens is 1. The van der Waals surface area contributed by atoms with Crippen molar-refractivity contribution in [3.8, 4) is 11.5 Å². The number of nitrogens with zero attached hydrogens (tertiary/aromatic N) is 1. The van der Waals surface area contributed by atoms with Gasteiger partial charge in [-0.05, 0) is 26.0 Å². The Labute approximate surface area is 127 Å². The first-order chi connectivity index (χ1) is 10.5. The zero-order chi connectivity index (χ0) is 16.0. The SMILES string of the molecule is COc1cc2c(c(OC)c1C)C(=O)c1cnc(C)cc1C2=O. The maximum atomic E-state index is 12.8. The van der Waals surface area contributed by atoms with Gasteiger partial charge in [-0.25, -0.2) is 0 Å². The molecule has 22 heavy (non-hydrogen) atoms. The molecule has 0 saturated carbocycles. The first-order valence-corrected chi connectivity index (χ1v) is 6.81. The van der Waals surface area contributed by atoms with Crippen molar-refractivity contribution >= 4 is 11.6 Å². The van der Waals surface area contributed by atoms with Gasteiger partial charge in [-0.2, -0.15) is 0 Å². The van der Waals surface area contributed by atoms with Crippen LogP contribution in [-0.4, -0.2) is 30.8 Å². The third-order valence-corrected chi connectivity index (χ3v) is 3.91. The van der Waals surface area contributed by atoms with Crippen LogP contribution in [0.5, 0.6) is 11.5 Å². The van der Waals surface area contributed by atoms with E-state index in [0.29, 0.717) is 39.4 Å². The topological polar surface area (TPSA) is 65.5 Å². The molecule has 2 aromatic rings. The number of fused-ring (bicyclic) bond motifs is 2. The van der Waals surface area contributed by atoms with Crippen molar-refractivity contribution in [1.29, 1.82) is 0 Å². The van der Waals surface area contributed by atoms with E-state index in [4.69, 9.17) is 9.47 Å². The lowest BCUT2D eigenvalue weighted by Crippen LogP contribution is -2.23. The second-order valence-electron chi connectivity index (χ2n) is 5.19. The van der Waals surface area contributed by atoms with Gasteiger partial charge in [0, 0.05) is 28.6 Å². The number of ketones is 2. The van der Waals surface area contributed by atoms with E-state index >= 15 is 0 Å². The quantitative estimate of drug-likeness (QED) is 0.727. The number of aryl methyl sites for hydroxylation is 1. The molecule has 1 aromatic heterocycles. The van der Waals surface area contributed by atoms with Crippen molar-refractivity contribution in [2.75, 3.05) is 14.2 Å². The van der Waals surface area contributed by atoms with Gasteiger partial charge in [0.05, 0.1) is 25.3 Å². The summed E-state index contributed by atoms with van der Waals surface area (Å²) in [6, 6.07) is 3.24. The predicted octanol–water partition coefficient (Wildman–Crippen LogP) is 2.49. The van der Waals surface area contributed by atoms with Gasteiger partial charge in [-0.1, -0.05) is 0 Å². The van der Waals surface area contributed by atoms with Crippen molar-refractivity contribution < 1.29 is 19.1 Å². The van der Waals surface area contributed by atoms with Crippen LogP contribution in [0.3, 0.4) is 0 Å². The van der Waals surface area contributed by atoms with Gasteiger partial charge in [0.1, 0.15) is 11.5 Å². The molecule has 1 aliphatic rings. The molecule has 0 amide bonds. The fraction of sp³-hybridized carbons (Fsp3) is 0.235. The molecule has 0 unspecified atom stereocenters. The summed E-state index contributed by atoms with van der Waals surface area (Å²) >= 11 is 0. The first kappa shape index (κ1) is 14.3. The summed E-state index contributed by atoms with van der Waals surface area (Å²) in [5.74, 6) is 0.427. The van der Waals surface area contributed by atoms with Crippen molar-refractivity contribution in [2.24, 2.45) is 0 Å². The van der Waals surface area contributed by atoms with Crippen LogP contribution in [0.4, 0.5) is 0 Å². The summed E-state index contributed by atoms with van der Waals surface area (Å²) in [5, 5.41) is 0. The van der Waals surface area contributed by atoms with Crippen LogP contribution >= 0.6 is 0 Å². The first-order valence-electron chi connectivity index (χ1n) is 6.81. The van der Waals surface area contributed by atoms with E-state index in [9.17, 15) is 9.59 Å². The molecule has 5 heteroatoms. The maximum absolute atomic E-state index is 12.8. The molecular formula is C17H15NO4. The molecule has 0 fully saturated rings. The Morgan fingerprint density at radius 1 is 0.909 bits per heavy atom. The molecule has 0 aliphatic heterocycles. The lowest BCUT2D eigenvalue weighted by atomic mass is 9.83. The molecular weight excluding hydrogens is 282 g/mol. The van der Waals surface area contributed by atoms with Gasteiger partial charge in [-0.15, -0.1) is 0 Å². The number of rotatable bonds is 2. The monoisotopic (exact) mass is 297 g/mol. The van der Waals surface area contributed by atoms with Crippen LogP contribution in [0.25, 0.3) is 0 Å². The fourth-order valence-electron chi connectivity index (χ4n) is 2.81. The summed E-state index contributed by atoms with van der Waals surface area (Å²) in [6.07, 6.45) is 1.45. The molecule has 0 bridgehead atoms. The van der Waals surface area contributed by atoms with Crippen molar-refractivity contribution in [3.05, 3.63) is 51.8 Å². The van der Waals surface area contributed by atoms with Gasteiger partial charge in [-0.3, -0.25) is 14.6 Å². The molecule has 0 radical (unpaired) electrons. The number of benzene rings is 1. The van der Waals surface area contributed by atoms with Crippen molar-refractivity contribution in [3.63, 3.8) is 0 Å². The minimum Gasteiger partial charge on any atom is -0.496 e. The lowest BCUT2D eigenvalue weighted by Gasteiger charge is -2.22. The number of pyridine rings is 1. The molecule has 0 atom stereocenters. The summed E-state index contributed by atoms with van der Waals surface area (Å²) in [7, 11) is 2.99. The van der Waals surface area contributed by atoms with Gasteiger partial charge in [0.25, 0.3) is 0 Å². The van der Waals surface area contributed by atoms with Gasteiger partial charge in [0.15, 0.2) is 11.6 Å². The Bertz CT molecular complexity index is 824. The smallest absolute Gasteiger partial charge is 0.199 e. The largest absolute Gasteiger partial charge is 0.496 e. The Morgan fingerprint density at radius 2 is 1.64 bits per heavy atom. The van der Waals surface area contributed by atoms with Crippen LogP contribution in [0, 0.1) is 13.8 Å². The second kappa shape index (κ2) is 4.94. The van der Waals surface area contributed by atoms with Crippen LogP contribution in [0.15, 0.2) is 18.3 Å². The van der Waals surface area contributed by atoms with Crippen LogP contribution in [-0.2, 0) is 0 Å². The fourth-order valence-corrected chi connectivity index (χ4v) is 2.81. The van der Waals surface area contributed by atoms with Crippen molar-refractivity contribution in [1.82, 2.24) is 4.98 Å². The number of hydrogen-bond donors (Lipinski definition) is 0. The number of ether oxygens (including phenoxy) is 2. The molecule has 3 rings (SSSR count). The molecule has 0 saturated heterocycles. The van der Waals surface area contributed by atoms with E-state index in [2.05, 4.69) is 4.98 Å². The van der Waals surface area contributed by atoms with Crippen molar-refractivity contribution in [2.45, 2.75) is 13.8 Å². The van der Waals surface area contributed by atoms with E-state index in [0.717, 1.165) is 0 Å². The second-order valence-corrected chi connectivity index (χ2v) is 5.19. The summed E-state index contributed by atoms with van der Waals surface area (Å²) in [6.45, 7) is 3.57. The molecule has 1 aliphatic carbocycles. The highest BCUT2D eigenvalue weighted by molar-refractivity contribution is 6.29. The van der Waals surface area contributed by atoms with Crippen LogP contribution in [0.1, 0.15) is 43.1 Å². The Hall–Kier alpha value is -2.69. The standard InChI is InChI=1S/C17H15NO4/c1-8-5-10-12(7-18-8)16(20)14-11(15(10)19)6-13(21-3)9(2)17(14)22-4/h5-7H,1-4H3. The van der Waals surface area contributed by atoms with Crippen LogP contribution in [0.2, 0.25) is 0 Å². The highest BCUT2D eigenvalue weighted by Crippen LogP contribution is 2.39. The third-order valence-electron chi connectivity index (χ3n) is 3.91. The maximum Gasteiger partial charge on any atom is 0.199 e. The average molecular weight is 297 g/mol. The summed E-state index contributed by atoms with van der Waals surface area (Å²) in [5.41, 5.74) is 2.65. The minimum absolute atomic E-state index is 0.216. The molecule has 0 spiro atoms. The van der Waals surface area contributed by atoms with Gasteiger partial charge < -0.3 is 9.47 Å². The molecule has 0 N–H and O–H groups in total. The lowest BCUT2D eigenvalue weighted by molar-refractivity contribution is 0.0975. The zero-order valence-corrected chi connectivity index (χ0v) is 12.8. The number of hydrogen-bond acceptors (Lipinski definition) is 5. The molecule has 5 nitrogen and oxygen atoms in total. The van der Waals surface area contributed by atoms with Gasteiger partial charge in [0.2, 0.25) is 0 Å². The Balaban J connectivity index is 2.36. The minimum atomic E-state index is -0.250. The zero-order valence-electron chi connectivity index (χ0n) is 12.8. The number of methoxy groups -OCH3 is 2. The van der Waals surface area contributed by atoms with Gasteiger partial charge >= 0.3 is 0 Å². The number of carbonyl (C=O) groups excluding carboxylic acids is 2. The summed E-state index contributed by atoms with van der Waals surface area (Å²) < 4.78 is 10.7. The highest BCUT2D eigenvalue weighted by Gasteiger charge is 2.34. The summed E-state index contributed by atoms with van der Waals surface area (Å²) in [4.78, 5) is 29.7. The van der Waals surface area contributed by atoms with E-state index < -0.39 is 0 Å². The predicted molar refractivity (Wildman–Crippen MR) is 80.1 cm³/mol. The molecule has 1 aromatic carbocycles. The normalized spacial score (nSPS) is 12.7. The number of carbonyl (C=O) groups is 2. The highest BCUT2D eigenvalue weighted by atomic mass is 16.5. The Kier molecular flexibility index (Phi) is 3.20. The van der Waals surface area contributed by atoms with E-state index in [1.807, 2.05) is 0 Å². The Morgan fingerprint density at radius 3 is 2.27 bits per heavy atom.